The molecule has 5 nitrogen and oxygen atoms in total. The molecule has 0 aromatic heterocycles. The van der Waals surface area contributed by atoms with Crippen LogP contribution < -0.4 is 5.32 Å². The average Bonchev–Trinajstić information content (AvgIpc) is 2.26. The fraction of sp³-hybridized carbons (Fsp3) is 0.273. The molecule has 0 aliphatic carbocycles. The molecule has 0 radical (unpaired) electrons. The molecule has 0 saturated heterocycles. The minimum Gasteiger partial charge on any atom is -0.501 e. The molecule has 0 fully saturated rings. The van der Waals surface area contributed by atoms with Crippen molar-refractivity contribution in [2.45, 2.75) is 6.42 Å². The van der Waals surface area contributed by atoms with Crippen molar-refractivity contribution in [3.05, 3.63) is 33.9 Å². The van der Waals surface area contributed by atoms with E-state index in [2.05, 4.69) is 17.2 Å². The van der Waals surface area contributed by atoms with Gasteiger partial charge in [-0.1, -0.05) is 17.9 Å². The molecule has 0 spiro atoms. The van der Waals surface area contributed by atoms with Gasteiger partial charge in [-0.25, -0.2) is 0 Å². The number of aromatic hydroxyl groups is 1. The third-order valence-corrected chi connectivity index (χ3v) is 1.93. The first-order valence-electron chi connectivity index (χ1n) is 4.76. The van der Waals surface area contributed by atoms with Crippen LogP contribution in [0.4, 0.5) is 5.69 Å². The summed E-state index contributed by atoms with van der Waals surface area (Å²) in [6, 6.07) is 4.29. The molecule has 84 valence electrons. The van der Waals surface area contributed by atoms with Crippen molar-refractivity contribution in [3.8, 4) is 17.6 Å². The second-order valence-electron chi connectivity index (χ2n) is 3.09. The Balaban J connectivity index is 2.92. The fourth-order valence-electron chi connectivity index (χ4n) is 1.12. The van der Waals surface area contributed by atoms with Crippen LogP contribution in [0.3, 0.4) is 0 Å². The van der Waals surface area contributed by atoms with Gasteiger partial charge in [-0.05, 0) is 13.1 Å². The van der Waals surface area contributed by atoms with Crippen molar-refractivity contribution in [2.24, 2.45) is 0 Å². The lowest BCUT2D eigenvalue weighted by atomic mass is 10.1. The standard InChI is InChI=1S/C11H12N2O3/c1-12-8-3-2-5-9-6-4-7-10(11(9)14)13(15)16/h4,6-7,12,14H,3,8H2,1H3. The lowest BCUT2D eigenvalue weighted by Crippen LogP contribution is -2.05. The molecule has 0 saturated carbocycles. The number of para-hydroxylation sites is 1. The summed E-state index contributed by atoms with van der Waals surface area (Å²) in [5.74, 6) is 5.14. The number of phenols is 1. The summed E-state index contributed by atoms with van der Waals surface area (Å²) in [6.07, 6.45) is 0.624. The van der Waals surface area contributed by atoms with E-state index in [4.69, 9.17) is 0 Å². The highest BCUT2D eigenvalue weighted by atomic mass is 16.6. The number of rotatable bonds is 3. The van der Waals surface area contributed by atoms with Crippen LogP contribution in [-0.4, -0.2) is 23.6 Å². The summed E-state index contributed by atoms with van der Waals surface area (Å²) in [5, 5.41) is 23.0. The van der Waals surface area contributed by atoms with Crippen LogP contribution >= 0.6 is 0 Å². The number of benzene rings is 1. The second-order valence-corrected chi connectivity index (χ2v) is 3.09. The summed E-state index contributed by atoms with van der Waals surface area (Å²) in [4.78, 5) is 9.91. The Bertz CT molecular complexity index is 446. The third kappa shape index (κ3) is 2.97. The normalized spacial score (nSPS) is 9.31. The Hall–Kier alpha value is -2.06. The van der Waals surface area contributed by atoms with E-state index >= 15 is 0 Å². The molecule has 0 amide bonds. The Morgan fingerprint density at radius 2 is 2.31 bits per heavy atom. The maximum absolute atomic E-state index is 10.5. The van der Waals surface area contributed by atoms with E-state index in [0.717, 1.165) is 6.54 Å². The zero-order valence-electron chi connectivity index (χ0n) is 8.86. The number of nitro groups is 1. The van der Waals surface area contributed by atoms with Gasteiger partial charge >= 0.3 is 5.69 Å². The minimum absolute atomic E-state index is 0.283. The van der Waals surface area contributed by atoms with Gasteiger partial charge in [0.15, 0.2) is 0 Å². The molecule has 0 aliphatic heterocycles. The van der Waals surface area contributed by atoms with E-state index in [9.17, 15) is 15.2 Å². The minimum atomic E-state index is -0.631. The van der Waals surface area contributed by atoms with E-state index in [-0.39, 0.29) is 17.0 Å². The zero-order chi connectivity index (χ0) is 12.0. The number of hydrogen-bond donors (Lipinski definition) is 2. The van der Waals surface area contributed by atoms with Gasteiger partial charge in [0.05, 0.1) is 10.5 Å². The van der Waals surface area contributed by atoms with E-state index < -0.39 is 4.92 Å². The Kier molecular flexibility index (Phi) is 4.30. The smallest absolute Gasteiger partial charge is 0.312 e. The van der Waals surface area contributed by atoms with Gasteiger partial charge in [-0.15, -0.1) is 0 Å². The highest BCUT2D eigenvalue weighted by Gasteiger charge is 2.14. The first-order chi connectivity index (χ1) is 7.66. The van der Waals surface area contributed by atoms with Crippen LogP contribution in [0.2, 0.25) is 0 Å². The number of hydrogen-bond acceptors (Lipinski definition) is 4. The summed E-state index contributed by atoms with van der Waals surface area (Å²) >= 11 is 0. The molecule has 0 atom stereocenters. The van der Waals surface area contributed by atoms with Crippen LogP contribution in [-0.2, 0) is 0 Å². The van der Waals surface area contributed by atoms with Crippen molar-refractivity contribution in [2.75, 3.05) is 13.6 Å². The molecular weight excluding hydrogens is 208 g/mol. The fourth-order valence-corrected chi connectivity index (χ4v) is 1.12. The molecule has 1 aromatic carbocycles. The van der Waals surface area contributed by atoms with E-state index in [1.165, 1.54) is 12.1 Å². The molecule has 5 heteroatoms. The second kappa shape index (κ2) is 5.73. The van der Waals surface area contributed by atoms with Gasteiger partial charge in [0, 0.05) is 19.0 Å². The SMILES string of the molecule is CNCCC#Cc1cccc([N+](=O)[O-])c1O. The van der Waals surface area contributed by atoms with Crippen LogP contribution in [0.15, 0.2) is 18.2 Å². The Morgan fingerprint density at radius 3 is 2.94 bits per heavy atom. The molecule has 0 heterocycles. The molecule has 0 aliphatic rings. The first-order valence-corrected chi connectivity index (χ1v) is 4.76. The van der Waals surface area contributed by atoms with Gasteiger partial charge in [0.25, 0.3) is 0 Å². The van der Waals surface area contributed by atoms with Gasteiger partial charge in [-0.3, -0.25) is 10.1 Å². The third-order valence-electron chi connectivity index (χ3n) is 1.93. The van der Waals surface area contributed by atoms with Crippen LogP contribution in [0, 0.1) is 22.0 Å². The number of nitrogens with one attached hydrogen (secondary N) is 1. The molecule has 16 heavy (non-hydrogen) atoms. The zero-order valence-corrected chi connectivity index (χ0v) is 8.86. The highest BCUT2D eigenvalue weighted by molar-refractivity contribution is 5.56. The Labute approximate surface area is 93.3 Å². The number of phenolic OH excluding ortho intramolecular Hbond substituents is 1. The molecule has 2 N–H and O–H groups in total. The highest BCUT2D eigenvalue weighted by Crippen LogP contribution is 2.28. The predicted molar refractivity (Wildman–Crippen MR) is 60.2 cm³/mol. The van der Waals surface area contributed by atoms with Gasteiger partial charge in [-0.2, -0.15) is 0 Å². The molecule has 0 bridgehead atoms. The van der Waals surface area contributed by atoms with Crippen LogP contribution in [0.1, 0.15) is 12.0 Å². The van der Waals surface area contributed by atoms with E-state index in [0.29, 0.717) is 6.42 Å². The quantitative estimate of drug-likeness (QED) is 0.348. The summed E-state index contributed by atoms with van der Waals surface area (Å²) in [6.45, 7) is 0.739. The van der Waals surface area contributed by atoms with E-state index in [1.54, 1.807) is 6.07 Å². The molecule has 1 rings (SSSR count). The monoisotopic (exact) mass is 220 g/mol. The van der Waals surface area contributed by atoms with Gasteiger partial charge < -0.3 is 10.4 Å². The summed E-state index contributed by atoms with van der Waals surface area (Å²) in [7, 11) is 1.81. The van der Waals surface area contributed by atoms with Crippen LogP contribution in [0.25, 0.3) is 0 Å². The maximum Gasteiger partial charge on any atom is 0.312 e. The first kappa shape index (κ1) is 12.0. The van der Waals surface area contributed by atoms with Crippen molar-refractivity contribution in [1.82, 2.24) is 5.32 Å². The van der Waals surface area contributed by atoms with E-state index in [1.807, 2.05) is 7.05 Å². The largest absolute Gasteiger partial charge is 0.501 e. The van der Waals surface area contributed by atoms with Gasteiger partial charge in [0.1, 0.15) is 0 Å². The number of nitrogens with zero attached hydrogens (tertiary/aromatic N) is 1. The predicted octanol–water partition coefficient (Wildman–Crippen LogP) is 1.26. The maximum atomic E-state index is 10.5. The molecular formula is C11H12N2O3. The van der Waals surface area contributed by atoms with Crippen molar-refractivity contribution in [1.29, 1.82) is 0 Å². The lowest BCUT2D eigenvalue weighted by Gasteiger charge is -1.97. The topological polar surface area (TPSA) is 75.4 Å². The van der Waals surface area contributed by atoms with Crippen LogP contribution in [0.5, 0.6) is 5.75 Å². The molecule has 0 unspecified atom stereocenters. The summed E-state index contributed by atoms with van der Waals surface area (Å²) in [5.41, 5.74) is -0.0364. The van der Waals surface area contributed by atoms with Gasteiger partial charge in [0.2, 0.25) is 5.75 Å². The summed E-state index contributed by atoms with van der Waals surface area (Å²) < 4.78 is 0. The molecule has 1 aromatic rings. The lowest BCUT2D eigenvalue weighted by molar-refractivity contribution is -0.385. The van der Waals surface area contributed by atoms with Crippen molar-refractivity contribution < 1.29 is 10.0 Å². The average molecular weight is 220 g/mol. The number of nitro benzene ring substituents is 1. The Morgan fingerprint density at radius 1 is 1.56 bits per heavy atom. The van der Waals surface area contributed by atoms with Crippen molar-refractivity contribution >= 4 is 5.69 Å². The van der Waals surface area contributed by atoms with Crippen molar-refractivity contribution in [3.63, 3.8) is 0 Å².